The molecule has 0 aliphatic carbocycles. The van der Waals surface area contributed by atoms with Gasteiger partial charge in [0.25, 0.3) is 5.91 Å². The molecule has 2 aromatic carbocycles. The summed E-state index contributed by atoms with van der Waals surface area (Å²) in [5.74, 6) is 0.851. The molecule has 1 fully saturated rings. The third-order valence-corrected chi connectivity index (χ3v) is 5.13. The number of amides is 1. The number of carbonyl (C=O) groups is 1. The smallest absolute Gasteiger partial charge is 0.251 e. The van der Waals surface area contributed by atoms with E-state index < -0.39 is 0 Å². The van der Waals surface area contributed by atoms with Gasteiger partial charge in [-0.2, -0.15) is 0 Å². The van der Waals surface area contributed by atoms with E-state index in [0.29, 0.717) is 31.9 Å². The summed E-state index contributed by atoms with van der Waals surface area (Å²) >= 11 is 0. The molecule has 138 valence electrons. The molecule has 26 heavy (non-hydrogen) atoms. The maximum absolute atomic E-state index is 12.5. The van der Waals surface area contributed by atoms with E-state index in [4.69, 9.17) is 9.47 Å². The lowest BCUT2D eigenvalue weighted by atomic mass is 9.74. The number of hydrogen-bond donors (Lipinski definition) is 1. The van der Waals surface area contributed by atoms with Crippen LogP contribution in [0.2, 0.25) is 0 Å². The number of carbonyl (C=O) groups excluding carboxylic acids is 1. The molecule has 1 aliphatic heterocycles. The number of rotatable bonds is 6. The van der Waals surface area contributed by atoms with Gasteiger partial charge in [0.15, 0.2) is 0 Å². The first-order valence-corrected chi connectivity index (χ1v) is 9.29. The fourth-order valence-corrected chi connectivity index (χ4v) is 3.46. The molecule has 0 unspecified atom stereocenters. The van der Waals surface area contributed by atoms with Crippen molar-refractivity contribution in [3.05, 3.63) is 65.2 Å². The molecule has 1 aliphatic rings. The molecule has 4 nitrogen and oxygen atoms in total. The highest BCUT2D eigenvalue weighted by Crippen LogP contribution is 2.35. The Labute approximate surface area is 155 Å². The molecule has 0 spiro atoms. The average molecular weight is 353 g/mol. The van der Waals surface area contributed by atoms with Crippen molar-refractivity contribution in [3.63, 3.8) is 0 Å². The monoisotopic (exact) mass is 353 g/mol. The third kappa shape index (κ3) is 4.25. The zero-order chi connectivity index (χ0) is 18.4. The van der Waals surface area contributed by atoms with Crippen molar-refractivity contribution >= 4 is 5.91 Å². The summed E-state index contributed by atoms with van der Waals surface area (Å²) in [5.41, 5.74) is 2.98. The van der Waals surface area contributed by atoms with Crippen molar-refractivity contribution in [3.8, 4) is 5.75 Å². The van der Waals surface area contributed by atoms with Crippen LogP contribution in [0.4, 0.5) is 0 Å². The van der Waals surface area contributed by atoms with Crippen molar-refractivity contribution < 1.29 is 14.3 Å². The molecule has 2 aromatic rings. The largest absolute Gasteiger partial charge is 0.494 e. The molecule has 3 rings (SSSR count). The number of ether oxygens (including phenoxy) is 2. The van der Waals surface area contributed by atoms with Gasteiger partial charge in [0.2, 0.25) is 0 Å². The van der Waals surface area contributed by atoms with E-state index in [0.717, 1.165) is 24.2 Å². The summed E-state index contributed by atoms with van der Waals surface area (Å²) < 4.78 is 11.1. The zero-order valence-electron chi connectivity index (χ0n) is 15.6. The maximum Gasteiger partial charge on any atom is 0.251 e. The Morgan fingerprint density at radius 3 is 2.35 bits per heavy atom. The third-order valence-electron chi connectivity index (χ3n) is 5.13. The van der Waals surface area contributed by atoms with Gasteiger partial charge in [0, 0.05) is 30.7 Å². The van der Waals surface area contributed by atoms with Gasteiger partial charge < -0.3 is 14.8 Å². The second-order valence-corrected chi connectivity index (χ2v) is 6.90. The van der Waals surface area contributed by atoms with Gasteiger partial charge in [-0.05, 0) is 56.5 Å². The molecule has 1 heterocycles. The van der Waals surface area contributed by atoms with Crippen molar-refractivity contribution in [1.29, 1.82) is 0 Å². The van der Waals surface area contributed by atoms with E-state index in [1.807, 2.05) is 50.2 Å². The van der Waals surface area contributed by atoms with Gasteiger partial charge in [-0.25, -0.2) is 0 Å². The molecule has 1 amide bonds. The molecule has 0 aromatic heterocycles. The van der Waals surface area contributed by atoms with Gasteiger partial charge in [0.1, 0.15) is 5.75 Å². The van der Waals surface area contributed by atoms with E-state index in [2.05, 4.69) is 17.4 Å². The molecule has 1 saturated heterocycles. The molecular weight excluding hydrogens is 326 g/mol. The highest BCUT2D eigenvalue weighted by molar-refractivity contribution is 5.94. The van der Waals surface area contributed by atoms with Crippen LogP contribution in [0.15, 0.2) is 48.5 Å². The van der Waals surface area contributed by atoms with Crippen LogP contribution in [0.25, 0.3) is 0 Å². The highest BCUT2D eigenvalue weighted by atomic mass is 16.5. The second-order valence-electron chi connectivity index (χ2n) is 6.90. The van der Waals surface area contributed by atoms with E-state index in [-0.39, 0.29) is 11.3 Å². The normalized spacial score (nSPS) is 16.1. The first-order valence-electron chi connectivity index (χ1n) is 9.29. The van der Waals surface area contributed by atoms with Gasteiger partial charge in [0.05, 0.1) is 6.61 Å². The number of hydrogen-bond acceptors (Lipinski definition) is 3. The van der Waals surface area contributed by atoms with E-state index in [1.165, 1.54) is 5.56 Å². The Bertz CT molecular complexity index is 716. The Morgan fingerprint density at radius 1 is 1.08 bits per heavy atom. The Hall–Kier alpha value is -2.33. The summed E-state index contributed by atoms with van der Waals surface area (Å²) in [5, 5.41) is 3.14. The van der Waals surface area contributed by atoms with Crippen molar-refractivity contribution in [2.45, 2.75) is 32.1 Å². The van der Waals surface area contributed by atoms with Crippen LogP contribution in [0.3, 0.4) is 0 Å². The van der Waals surface area contributed by atoms with Crippen LogP contribution >= 0.6 is 0 Å². The molecule has 4 heteroatoms. The van der Waals surface area contributed by atoms with Gasteiger partial charge in [-0.1, -0.05) is 29.8 Å². The number of nitrogens with one attached hydrogen (secondary N) is 1. The number of benzene rings is 2. The van der Waals surface area contributed by atoms with Crippen LogP contribution in [-0.2, 0) is 10.2 Å². The number of aryl methyl sites for hydroxylation is 1. The summed E-state index contributed by atoms with van der Waals surface area (Å²) in [7, 11) is 0. The summed E-state index contributed by atoms with van der Waals surface area (Å²) in [6.45, 7) is 6.70. The molecular formula is C22H27NO3. The van der Waals surface area contributed by atoms with Crippen molar-refractivity contribution in [2.24, 2.45) is 0 Å². The molecule has 1 N–H and O–H groups in total. The Balaban J connectivity index is 1.74. The van der Waals surface area contributed by atoms with Crippen LogP contribution in [0.1, 0.15) is 41.3 Å². The standard InChI is InChI=1S/C22H27NO3/c1-3-26-20-10-8-19(9-11-20)22(12-14-25-15-13-22)16-23-21(24)18-6-4-17(2)5-7-18/h4-11H,3,12-16H2,1-2H3,(H,23,24). The van der Waals surface area contributed by atoms with E-state index >= 15 is 0 Å². The summed E-state index contributed by atoms with van der Waals surface area (Å²) in [4.78, 5) is 12.5. The summed E-state index contributed by atoms with van der Waals surface area (Å²) in [6, 6.07) is 15.9. The van der Waals surface area contributed by atoms with Gasteiger partial charge in [-0.3, -0.25) is 4.79 Å². The average Bonchev–Trinajstić information content (AvgIpc) is 2.68. The SMILES string of the molecule is CCOc1ccc(C2(CNC(=O)c3ccc(C)cc3)CCOCC2)cc1. The van der Waals surface area contributed by atoms with Crippen LogP contribution < -0.4 is 10.1 Å². The van der Waals surface area contributed by atoms with Gasteiger partial charge >= 0.3 is 0 Å². The lowest BCUT2D eigenvalue weighted by molar-refractivity contribution is 0.0487. The fourth-order valence-electron chi connectivity index (χ4n) is 3.46. The first kappa shape index (κ1) is 18.5. The second kappa shape index (κ2) is 8.37. The molecule has 0 atom stereocenters. The molecule has 0 radical (unpaired) electrons. The maximum atomic E-state index is 12.5. The van der Waals surface area contributed by atoms with Crippen LogP contribution in [0, 0.1) is 6.92 Å². The first-order chi connectivity index (χ1) is 12.6. The van der Waals surface area contributed by atoms with Crippen LogP contribution in [-0.4, -0.2) is 32.3 Å². The summed E-state index contributed by atoms with van der Waals surface area (Å²) in [6.07, 6.45) is 1.80. The minimum absolute atomic E-state index is 0.0261. The lowest BCUT2D eigenvalue weighted by Gasteiger charge is -2.38. The van der Waals surface area contributed by atoms with Crippen LogP contribution in [0.5, 0.6) is 5.75 Å². The predicted octanol–water partition coefficient (Wildman–Crippen LogP) is 3.87. The lowest BCUT2D eigenvalue weighted by Crippen LogP contribution is -2.44. The molecule has 0 bridgehead atoms. The minimum atomic E-state index is -0.0939. The Kier molecular flexibility index (Phi) is 5.94. The van der Waals surface area contributed by atoms with E-state index in [9.17, 15) is 4.79 Å². The predicted molar refractivity (Wildman–Crippen MR) is 103 cm³/mol. The minimum Gasteiger partial charge on any atom is -0.494 e. The quantitative estimate of drug-likeness (QED) is 0.857. The van der Waals surface area contributed by atoms with Gasteiger partial charge in [-0.15, -0.1) is 0 Å². The van der Waals surface area contributed by atoms with E-state index in [1.54, 1.807) is 0 Å². The molecule has 0 saturated carbocycles. The van der Waals surface area contributed by atoms with Crippen molar-refractivity contribution in [1.82, 2.24) is 5.32 Å². The highest BCUT2D eigenvalue weighted by Gasteiger charge is 2.35. The fraction of sp³-hybridized carbons (Fsp3) is 0.409. The Morgan fingerprint density at radius 2 is 1.73 bits per heavy atom. The van der Waals surface area contributed by atoms with Crippen molar-refractivity contribution in [2.75, 3.05) is 26.4 Å². The zero-order valence-corrected chi connectivity index (χ0v) is 15.6. The topological polar surface area (TPSA) is 47.6 Å².